The third-order valence-corrected chi connectivity index (χ3v) is 8.30. The number of halogens is 5. The van der Waals surface area contributed by atoms with Crippen molar-refractivity contribution >= 4 is 50.7 Å². The zero-order valence-electron chi connectivity index (χ0n) is 21.5. The second-order valence-electron chi connectivity index (χ2n) is 9.49. The van der Waals surface area contributed by atoms with Crippen LogP contribution in [0.1, 0.15) is 50.2 Å². The second-order valence-corrected chi connectivity index (χ2v) is 12.2. The largest absolute Gasteiger partial charge is 0.417 e. The highest BCUT2D eigenvalue weighted by molar-refractivity contribution is 7.92. The van der Waals surface area contributed by atoms with E-state index < -0.39 is 45.3 Å². The summed E-state index contributed by atoms with van der Waals surface area (Å²) in [6.07, 6.45) is -0.197. The standard InChI is InChI=1S/C26H30Cl2F3N3O4S/c1-3-23(25(36)32-19-6-4-5-7-19)33(15-17-8-10-18(27)11-9-17)24(35)16-34(39(2,37)38)20-12-13-22(28)21(14-20)26(29,30)31/h8-14,19,23H,3-7,15-16H2,1-2H3,(H,32,36)/t23-/m0/s1. The van der Waals surface area contributed by atoms with Crippen molar-refractivity contribution in [3.8, 4) is 0 Å². The van der Waals surface area contributed by atoms with E-state index in [1.165, 1.54) is 4.90 Å². The summed E-state index contributed by atoms with van der Waals surface area (Å²) >= 11 is 11.7. The van der Waals surface area contributed by atoms with Crippen LogP contribution < -0.4 is 9.62 Å². The fourth-order valence-electron chi connectivity index (χ4n) is 4.57. The Labute approximate surface area is 236 Å². The van der Waals surface area contributed by atoms with Gasteiger partial charge in [-0.1, -0.05) is 55.1 Å². The van der Waals surface area contributed by atoms with Gasteiger partial charge in [-0.15, -0.1) is 0 Å². The van der Waals surface area contributed by atoms with Crippen LogP contribution in [0, 0.1) is 0 Å². The number of nitrogens with one attached hydrogen (secondary N) is 1. The van der Waals surface area contributed by atoms with Gasteiger partial charge in [-0.2, -0.15) is 13.2 Å². The lowest BCUT2D eigenvalue weighted by Gasteiger charge is -2.33. The molecule has 0 aromatic heterocycles. The van der Waals surface area contributed by atoms with E-state index in [4.69, 9.17) is 23.2 Å². The maximum atomic E-state index is 13.7. The van der Waals surface area contributed by atoms with Gasteiger partial charge < -0.3 is 10.2 Å². The van der Waals surface area contributed by atoms with Crippen LogP contribution in [0.15, 0.2) is 42.5 Å². The monoisotopic (exact) mass is 607 g/mol. The molecule has 2 amide bonds. The van der Waals surface area contributed by atoms with E-state index >= 15 is 0 Å². The Balaban J connectivity index is 1.97. The van der Waals surface area contributed by atoms with Gasteiger partial charge in [-0.3, -0.25) is 13.9 Å². The van der Waals surface area contributed by atoms with Gasteiger partial charge in [0, 0.05) is 17.6 Å². The smallest absolute Gasteiger partial charge is 0.352 e. The molecule has 1 aliphatic rings. The van der Waals surface area contributed by atoms with Gasteiger partial charge in [0.05, 0.1) is 22.5 Å². The molecule has 2 aromatic carbocycles. The number of rotatable bonds is 10. The number of anilines is 1. The van der Waals surface area contributed by atoms with Crippen molar-refractivity contribution < 1.29 is 31.2 Å². The van der Waals surface area contributed by atoms with Gasteiger partial charge in [-0.25, -0.2) is 8.42 Å². The number of alkyl halides is 3. The summed E-state index contributed by atoms with van der Waals surface area (Å²) in [6, 6.07) is 8.25. The number of benzene rings is 2. The van der Waals surface area contributed by atoms with Crippen molar-refractivity contribution in [2.75, 3.05) is 17.1 Å². The first-order valence-corrected chi connectivity index (χ1v) is 15.0. The number of hydrogen-bond acceptors (Lipinski definition) is 4. The van der Waals surface area contributed by atoms with Crippen LogP contribution in [0.3, 0.4) is 0 Å². The summed E-state index contributed by atoms with van der Waals surface area (Å²) in [5, 5.41) is 2.84. The molecule has 0 unspecified atom stereocenters. The van der Waals surface area contributed by atoms with Gasteiger partial charge in [0.2, 0.25) is 21.8 Å². The molecule has 1 saturated carbocycles. The Hall–Kier alpha value is -2.50. The lowest BCUT2D eigenvalue weighted by Crippen LogP contribution is -2.53. The van der Waals surface area contributed by atoms with E-state index in [1.807, 2.05) is 0 Å². The number of carbonyl (C=O) groups excluding carboxylic acids is 2. The normalized spacial score (nSPS) is 15.2. The molecule has 1 N–H and O–H groups in total. The Kier molecular flexibility index (Phi) is 10.2. The van der Waals surface area contributed by atoms with Crippen molar-refractivity contribution in [3.05, 3.63) is 63.6 Å². The topological polar surface area (TPSA) is 86.8 Å². The van der Waals surface area contributed by atoms with Crippen molar-refractivity contribution in [1.82, 2.24) is 10.2 Å². The highest BCUT2D eigenvalue weighted by Gasteiger charge is 2.36. The van der Waals surface area contributed by atoms with Crippen molar-refractivity contribution in [2.45, 2.75) is 63.8 Å². The third kappa shape index (κ3) is 8.25. The van der Waals surface area contributed by atoms with Crippen LogP contribution >= 0.6 is 23.2 Å². The van der Waals surface area contributed by atoms with Crippen molar-refractivity contribution in [1.29, 1.82) is 0 Å². The van der Waals surface area contributed by atoms with Crippen LogP contribution in [0.4, 0.5) is 18.9 Å². The molecule has 1 aliphatic carbocycles. The van der Waals surface area contributed by atoms with Crippen LogP contribution in [0.2, 0.25) is 10.0 Å². The number of carbonyl (C=O) groups is 2. The number of amides is 2. The Morgan fingerprint density at radius 3 is 2.23 bits per heavy atom. The average molecular weight is 609 g/mol. The minimum atomic E-state index is -4.84. The SMILES string of the molecule is CC[C@@H](C(=O)NC1CCCC1)N(Cc1ccc(Cl)cc1)C(=O)CN(c1ccc(Cl)c(C(F)(F)F)c1)S(C)(=O)=O. The molecule has 0 radical (unpaired) electrons. The van der Waals surface area contributed by atoms with E-state index in [0.717, 1.165) is 44.1 Å². The lowest BCUT2D eigenvalue weighted by atomic mass is 10.1. The van der Waals surface area contributed by atoms with Crippen molar-refractivity contribution in [3.63, 3.8) is 0 Å². The molecular weight excluding hydrogens is 578 g/mol. The average Bonchev–Trinajstić information content (AvgIpc) is 3.35. The summed E-state index contributed by atoms with van der Waals surface area (Å²) in [6.45, 7) is 0.862. The molecule has 1 atom stereocenters. The van der Waals surface area contributed by atoms with Gasteiger partial charge >= 0.3 is 6.18 Å². The first-order chi connectivity index (χ1) is 18.2. The van der Waals surface area contributed by atoms with Crippen LogP contribution in [-0.2, 0) is 32.3 Å². The number of sulfonamides is 1. The zero-order valence-corrected chi connectivity index (χ0v) is 23.8. The first kappa shape index (κ1) is 31.0. The molecule has 3 rings (SSSR count). The summed E-state index contributed by atoms with van der Waals surface area (Å²) in [7, 11) is -4.21. The van der Waals surface area contributed by atoms with E-state index in [9.17, 15) is 31.2 Å². The third-order valence-electron chi connectivity index (χ3n) is 6.58. The van der Waals surface area contributed by atoms with Gasteiger partial charge in [0.25, 0.3) is 0 Å². The minimum Gasteiger partial charge on any atom is -0.352 e. The van der Waals surface area contributed by atoms with Crippen molar-refractivity contribution in [2.24, 2.45) is 0 Å². The maximum absolute atomic E-state index is 13.7. The minimum absolute atomic E-state index is 0.0126. The predicted molar refractivity (Wildman–Crippen MR) is 145 cm³/mol. The Morgan fingerprint density at radius 1 is 1.08 bits per heavy atom. The zero-order chi connectivity index (χ0) is 29.0. The van der Waals surface area contributed by atoms with Crippen LogP contribution in [0.25, 0.3) is 0 Å². The van der Waals surface area contributed by atoms with E-state index in [-0.39, 0.29) is 30.6 Å². The molecule has 0 aliphatic heterocycles. The number of nitrogens with zero attached hydrogens (tertiary/aromatic N) is 2. The predicted octanol–water partition coefficient (Wildman–Crippen LogP) is 5.64. The van der Waals surface area contributed by atoms with Gasteiger partial charge in [-0.05, 0) is 55.2 Å². The molecule has 39 heavy (non-hydrogen) atoms. The fourth-order valence-corrected chi connectivity index (χ4v) is 5.77. The summed E-state index contributed by atoms with van der Waals surface area (Å²) in [5.41, 5.74) is -0.975. The van der Waals surface area contributed by atoms with E-state index in [1.54, 1.807) is 31.2 Å². The number of hydrogen-bond donors (Lipinski definition) is 1. The second kappa shape index (κ2) is 12.8. The molecular formula is C26H30Cl2F3N3O4S. The molecule has 0 heterocycles. The molecule has 0 bridgehead atoms. The Morgan fingerprint density at radius 2 is 1.69 bits per heavy atom. The molecule has 2 aromatic rings. The molecule has 13 heteroatoms. The molecule has 214 valence electrons. The summed E-state index contributed by atoms with van der Waals surface area (Å²) < 4.78 is 66.4. The Bertz CT molecular complexity index is 1280. The van der Waals surface area contributed by atoms with Gasteiger partial charge in [0.15, 0.2) is 0 Å². The highest BCUT2D eigenvalue weighted by Crippen LogP contribution is 2.37. The van der Waals surface area contributed by atoms with E-state index in [2.05, 4.69) is 5.32 Å². The molecule has 7 nitrogen and oxygen atoms in total. The highest BCUT2D eigenvalue weighted by atomic mass is 35.5. The van der Waals surface area contributed by atoms with Crippen LogP contribution in [0.5, 0.6) is 0 Å². The van der Waals surface area contributed by atoms with Gasteiger partial charge in [0.1, 0.15) is 12.6 Å². The van der Waals surface area contributed by atoms with E-state index in [0.29, 0.717) is 21.0 Å². The lowest BCUT2D eigenvalue weighted by molar-refractivity contribution is -0.140. The summed E-state index contributed by atoms with van der Waals surface area (Å²) in [5.74, 6) is -1.13. The first-order valence-electron chi connectivity index (χ1n) is 12.4. The fraction of sp³-hybridized carbons (Fsp3) is 0.462. The molecule has 0 spiro atoms. The quantitative estimate of drug-likeness (QED) is 0.378. The van der Waals surface area contributed by atoms with Crippen LogP contribution in [-0.4, -0.2) is 50.0 Å². The summed E-state index contributed by atoms with van der Waals surface area (Å²) in [4.78, 5) is 28.2. The molecule has 0 saturated heterocycles. The maximum Gasteiger partial charge on any atom is 0.417 e. The molecule has 1 fully saturated rings.